The first-order valence-corrected chi connectivity index (χ1v) is 11.9. The highest BCUT2D eigenvalue weighted by Gasteiger charge is 2.15. The minimum Gasteiger partial charge on any atom is -0.370 e. The zero-order chi connectivity index (χ0) is 23.6. The average molecular weight is 465 g/mol. The van der Waals surface area contributed by atoms with Gasteiger partial charge in [0.15, 0.2) is 5.82 Å². The quantitative estimate of drug-likeness (QED) is 0.319. The Labute approximate surface area is 202 Å². The van der Waals surface area contributed by atoms with E-state index in [0.717, 1.165) is 52.1 Å². The second-order valence-electron chi connectivity index (χ2n) is 8.84. The summed E-state index contributed by atoms with van der Waals surface area (Å²) in [6.45, 7) is 2.18. The molecule has 2 aromatic carbocycles. The van der Waals surface area contributed by atoms with Crippen LogP contribution in [0.5, 0.6) is 0 Å². The van der Waals surface area contributed by atoms with Crippen molar-refractivity contribution >= 4 is 28.9 Å². The molecule has 0 spiro atoms. The third-order valence-electron chi connectivity index (χ3n) is 6.46. The van der Waals surface area contributed by atoms with E-state index in [9.17, 15) is 4.39 Å². The van der Waals surface area contributed by atoms with Gasteiger partial charge in [-0.2, -0.15) is 5.10 Å². The summed E-state index contributed by atoms with van der Waals surface area (Å²) in [4.78, 5) is 15.1. The zero-order valence-corrected chi connectivity index (χ0v) is 19.2. The Hall–Kier alpha value is -4.26. The average Bonchev–Trinajstić information content (AvgIpc) is 3.55. The fourth-order valence-electron chi connectivity index (χ4n) is 4.70. The predicted octanol–water partition coefficient (Wildman–Crippen LogP) is 6.31. The van der Waals surface area contributed by atoms with Crippen LogP contribution in [0, 0.1) is 5.82 Å². The van der Waals surface area contributed by atoms with Crippen LogP contribution in [0.3, 0.4) is 0 Å². The normalized spacial score (nSPS) is 14.3. The highest BCUT2D eigenvalue weighted by molar-refractivity contribution is 5.94. The molecular weight excluding hydrogens is 439 g/mol. The molecule has 6 nitrogen and oxygen atoms in total. The molecule has 1 fully saturated rings. The molecule has 0 bridgehead atoms. The molecule has 5 aromatic rings. The largest absolute Gasteiger partial charge is 0.370 e. The van der Waals surface area contributed by atoms with Gasteiger partial charge in [-0.3, -0.25) is 10.1 Å². The topological polar surface area (TPSA) is 73.5 Å². The molecule has 4 heterocycles. The van der Waals surface area contributed by atoms with Crippen molar-refractivity contribution in [1.29, 1.82) is 0 Å². The number of aromatic nitrogens is 5. The SMILES string of the molecule is Fc1cccc(-c2cccc3[nH]c(-c4n[nH]cc4/C=C/c4cncc(N5CCCCC5)c4)nc23)c1. The first kappa shape index (κ1) is 21.3. The van der Waals surface area contributed by atoms with E-state index in [1.165, 1.54) is 37.1 Å². The fraction of sp³-hybridized carbons (Fsp3) is 0.179. The lowest BCUT2D eigenvalue weighted by molar-refractivity contribution is 0.577. The third-order valence-corrected chi connectivity index (χ3v) is 6.46. The summed E-state index contributed by atoms with van der Waals surface area (Å²) in [5.41, 5.74) is 7.17. The van der Waals surface area contributed by atoms with Gasteiger partial charge in [0.05, 0.1) is 22.9 Å². The molecule has 35 heavy (non-hydrogen) atoms. The maximum absolute atomic E-state index is 13.8. The van der Waals surface area contributed by atoms with Crippen molar-refractivity contribution < 1.29 is 4.39 Å². The molecule has 2 N–H and O–H groups in total. The number of nitrogens with one attached hydrogen (secondary N) is 2. The van der Waals surface area contributed by atoms with Crippen LogP contribution in [0.1, 0.15) is 30.4 Å². The number of nitrogens with zero attached hydrogens (tertiary/aromatic N) is 4. The summed E-state index contributed by atoms with van der Waals surface area (Å²) in [7, 11) is 0. The van der Waals surface area contributed by atoms with E-state index >= 15 is 0 Å². The Morgan fingerprint density at radius 1 is 0.943 bits per heavy atom. The van der Waals surface area contributed by atoms with Crippen molar-refractivity contribution in [2.24, 2.45) is 0 Å². The molecule has 174 valence electrons. The predicted molar refractivity (Wildman–Crippen MR) is 138 cm³/mol. The standard InChI is InChI=1S/C28H25FN6/c29-22-7-4-6-20(15-22)24-8-5-9-25-27(24)33-28(32-25)26-21(17-31-34-26)11-10-19-14-23(18-30-16-19)35-12-2-1-3-13-35/h4-11,14-18H,1-3,12-13H2,(H,31,34)(H,32,33)/b11-10+. The Morgan fingerprint density at radius 2 is 1.83 bits per heavy atom. The Kier molecular flexibility index (Phi) is 5.58. The molecule has 0 saturated carbocycles. The summed E-state index contributed by atoms with van der Waals surface area (Å²) in [6, 6.07) is 14.6. The minimum atomic E-state index is -0.270. The number of halogens is 1. The minimum absolute atomic E-state index is 0.270. The van der Waals surface area contributed by atoms with Gasteiger partial charge in [0.2, 0.25) is 0 Å². The molecule has 0 radical (unpaired) electrons. The van der Waals surface area contributed by atoms with Gasteiger partial charge in [0.1, 0.15) is 11.5 Å². The number of imidazole rings is 1. The van der Waals surface area contributed by atoms with Gasteiger partial charge in [-0.1, -0.05) is 36.4 Å². The maximum atomic E-state index is 13.8. The van der Waals surface area contributed by atoms with E-state index in [2.05, 4.69) is 37.2 Å². The summed E-state index contributed by atoms with van der Waals surface area (Å²) < 4.78 is 13.8. The van der Waals surface area contributed by atoms with Gasteiger partial charge in [0, 0.05) is 36.6 Å². The van der Waals surface area contributed by atoms with Crippen LogP contribution in [-0.2, 0) is 0 Å². The number of piperidine rings is 1. The number of H-pyrrole nitrogens is 2. The Balaban J connectivity index is 1.31. The summed E-state index contributed by atoms with van der Waals surface area (Å²) >= 11 is 0. The number of hydrogen-bond acceptors (Lipinski definition) is 4. The summed E-state index contributed by atoms with van der Waals surface area (Å²) in [5, 5.41) is 7.41. The van der Waals surface area contributed by atoms with Gasteiger partial charge < -0.3 is 9.88 Å². The number of benzene rings is 2. The second-order valence-corrected chi connectivity index (χ2v) is 8.84. The van der Waals surface area contributed by atoms with Crippen LogP contribution >= 0.6 is 0 Å². The van der Waals surface area contributed by atoms with Crippen LogP contribution in [0.2, 0.25) is 0 Å². The molecule has 1 aliphatic rings. The number of anilines is 1. The van der Waals surface area contributed by atoms with Crippen LogP contribution in [0.4, 0.5) is 10.1 Å². The molecule has 3 aromatic heterocycles. The number of pyridine rings is 1. The van der Waals surface area contributed by atoms with E-state index in [1.807, 2.05) is 48.9 Å². The third kappa shape index (κ3) is 4.33. The number of para-hydroxylation sites is 1. The lowest BCUT2D eigenvalue weighted by Crippen LogP contribution is -2.29. The number of fused-ring (bicyclic) bond motifs is 1. The monoisotopic (exact) mass is 464 g/mol. The molecule has 0 aliphatic carbocycles. The molecule has 1 aliphatic heterocycles. The van der Waals surface area contributed by atoms with Gasteiger partial charge >= 0.3 is 0 Å². The van der Waals surface area contributed by atoms with Crippen molar-refractivity contribution in [3.8, 4) is 22.6 Å². The summed E-state index contributed by atoms with van der Waals surface area (Å²) in [5.74, 6) is 0.388. The highest BCUT2D eigenvalue weighted by atomic mass is 19.1. The summed E-state index contributed by atoms with van der Waals surface area (Å²) in [6.07, 6.45) is 13.5. The van der Waals surface area contributed by atoms with E-state index in [0.29, 0.717) is 5.82 Å². The zero-order valence-electron chi connectivity index (χ0n) is 19.2. The number of rotatable bonds is 5. The molecule has 6 rings (SSSR count). The van der Waals surface area contributed by atoms with Crippen molar-refractivity contribution in [1.82, 2.24) is 25.1 Å². The molecule has 0 atom stereocenters. The van der Waals surface area contributed by atoms with E-state index in [4.69, 9.17) is 4.98 Å². The van der Waals surface area contributed by atoms with Gasteiger partial charge in [-0.15, -0.1) is 0 Å². The van der Waals surface area contributed by atoms with Crippen molar-refractivity contribution in [2.75, 3.05) is 18.0 Å². The van der Waals surface area contributed by atoms with Gasteiger partial charge in [0.25, 0.3) is 0 Å². The van der Waals surface area contributed by atoms with Gasteiger partial charge in [-0.25, -0.2) is 9.37 Å². The second kappa shape index (κ2) is 9.18. The van der Waals surface area contributed by atoms with Crippen molar-refractivity contribution in [2.45, 2.75) is 19.3 Å². The number of hydrogen-bond donors (Lipinski definition) is 2. The first-order valence-electron chi connectivity index (χ1n) is 11.9. The maximum Gasteiger partial charge on any atom is 0.159 e. The van der Waals surface area contributed by atoms with Crippen molar-refractivity contribution in [3.63, 3.8) is 0 Å². The van der Waals surface area contributed by atoms with Gasteiger partial charge in [-0.05, 0) is 54.7 Å². The van der Waals surface area contributed by atoms with Crippen LogP contribution in [0.15, 0.2) is 67.1 Å². The van der Waals surface area contributed by atoms with E-state index in [1.54, 1.807) is 6.07 Å². The van der Waals surface area contributed by atoms with Crippen LogP contribution in [-0.4, -0.2) is 38.2 Å². The highest BCUT2D eigenvalue weighted by Crippen LogP contribution is 2.31. The fourth-order valence-corrected chi connectivity index (χ4v) is 4.70. The molecule has 7 heteroatoms. The molecule has 1 saturated heterocycles. The van der Waals surface area contributed by atoms with Crippen LogP contribution < -0.4 is 4.90 Å². The van der Waals surface area contributed by atoms with Crippen molar-refractivity contribution in [3.05, 3.63) is 84.1 Å². The Bertz CT molecular complexity index is 1510. The van der Waals surface area contributed by atoms with Crippen LogP contribution in [0.25, 0.3) is 45.8 Å². The Morgan fingerprint density at radius 3 is 2.71 bits per heavy atom. The molecule has 0 amide bonds. The number of aromatic amines is 2. The van der Waals surface area contributed by atoms with E-state index < -0.39 is 0 Å². The molecule has 0 unspecified atom stereocenters. The first-order chi connectivity index (χ1) is 17.2. The lowest BCUT2D eigenvalue weighted by atomic mass is 10.0. The smallest absolute Gasteiger partial charge is 0.159 e. The molecular formula is C28H25FN6. The van der Waals surface area contributed by atoms with E-state index in [-0.39, 0.29) is 5.82 Å². The lowest BCUT2D eigenvalue weighted by Gasteiger charge is -2.28.